The Morgan fingerprint density at radius 2 is 2.12 bits per heavy atom. The lowest BCUT2D eigenvalue weighted by Crippen LogP contribution is -2.33. The van der Waals surface area contributed by atoms with Crippen molar-refractivity contribution < 1.29 is 9.84 Å². The molecule has 2 N–H and O–H groups in total. The maximum Gasteiger partial charge on any atom is 0.119 e. The van der Waals surface area contributed by atoms with Gasteiger partial charge in [0.2, 0.25) is 0 Å². The van der Waals surface area contributed by atoms with Crippen molar-refractivity contribution in [1.29, 1.82) is 0 Å². The highest BCUT2D eigenvalue weighted by atomic mass is 16.5. The van der Waals surface area contributed by atoms with E-state index >= 15 is 0 Å². The van der Waals surface area contributed by atoms with Gasteiger partial charge in [0.05, 0.1) is 6.10 Å². The van der Waals surface area contributed by atoms with Crippen LogP contribution in [0.25, 0.3) is 0 Å². The minimum Gasteiger partial charge on any atom is -0.491 e. The van der Waals surface area contributed by atoms with Crippen molar-refractivity contribution in [1.82, 2.24) is 5.32 Å². The van der Waals surface area contributed by atoms with Gasteiger partial charge in [0.15, 0.2) is 0 Å². The molecule has 3 nitrogen and oxygen atoms in total. The molecule has 1 aromatic carbocycles. The highest BCUT2D eigenvalue weighted by Gasteiger charge is 2.20. The number of hydrogen-bond donors (Lipinski definition) is 2. The summed E-state index contributed by atoms with van der Waals surface area (Å²) in [6.07, 6.45) is 3.12. The average molecular weight is 235 g/mol. The van der Waals surface area contributed by atoms with Crippen LogP contribution in [-0.2, 0) is 0 Å². The number of benzene rings is 1. The lowest BCUT2D eigenvalue weighted by atomic mass is 9.97. The second-order valence-corrected chi connectivity index (χ2v) is 4.65. The number of aliphatic hydroxyl groups is 1. The molecule has 0 saturated carbocycles. The minimum absolute atomic E-state index is 0.321. The molecule has 2 atom stereocenters. The quantitative estimate of drug-likeness (QED) is 0.836. The second kappa shape index (κ2) is 6.62. The van der Waals surface area contributed by atoms with Gasteiger partial charge < -0.3 is 15.2 Å². The molecule has 94 valence electrons. The zero-order valence-corrected chi connectivity index (χ0v) is 10.1. The van der Waals surface area contributed by atoms with Crippen LogP contribution in [0.3, 0.4) is 0 Å². The van der Waals surface area contributed by atoms with Crippen LogP contribution in [0.4, 0.5) is 0 Å². The van der Waals surface area contributed by atoms with E-state index in [2.05, 4.69) is 5.32 Å². The molecule has 2 rings (SSSR count). The molecule has 2 unspecified atom stereocenters. The molecule has 1 aliphatic heterocycles. The number of rotatable bonds is 4. The monoisotopic (exact) mass is 235 g/mol. The van der Waals surface area contributed by atoms with Crippen LogP contribution in [0, 0.1) is 5.92 Å². The van der Waals surface area contributed by atoms with Gasteiger partial charge >= 0.3 is 0 Å². The Bertz CT molecular complexity index is 307. The summed E-state index contributed by atoms with van der Waals surface area (Å²) in [5.74, 6) is 1.15. The molecule has 3 heteroatoms. The Labute approximate surface area is 103 Å². The first kappa shape index (κ1) is 12.4. The summed E-state index contributed by atoms with van der Waals surface area (Å²) < 4.78 is 5.58. The topological polar surface area (TPSA) is 41.5 Å². The minimum atomic E-state index is -0.374. The number of aliphatic hydroxyl groups excluding tert-OH is 1. The van der Waals surface area contributed by atoms with Crippen molar-refractivity contribution in [2.75, 3.05) is 19.7 Å². The van der Waals surface area contributed by atoms with Gasteiger partial charge in [-0.25, -0.2) is 0 Å². The van der Waals surface area contributed by atoms with Crippen LogP contribution >= 0.6 is 0 Å². The van der Waals surface area contributed by atoms with Gasteiger partial charge in [-0.2, -0.15) is 0 Å². The fraction of sp³-hybridized carbons (Fsp3) is 0.571. The van der Waals surface area contributed by atoms with E-state index in [1.54, 1.807) is 0 Å². The summed E-state index contributed by atoms with van der Waals surface area (Å²) in [4.78, 5) is 0. The van der Waals surface area contributed by atoms with E-state index in [-0.39, 0.29) is 6.10 Å². The highest BCUT2D eigenvalue weighted by Crippen LogP contribution is 2.17. The standard InChI is InChI=1S/C14H21NO2/c16-14(12-6-4-5-9-15-10-12)11-17-13-7-2-1-3-8-13/h1-3,7-8,12,14-16H,4-6,9-11H2. The van der Waals surface area contributed by atoms with Gasteiger partial charge in [-0.1, -0.05) is 24.6 Å². The number of nitrogens with one attached hydrogen (secondary N) is 1. The van der Waals surface area contributed by atoms with Gasteiger partial charge in [0.25, 0.3) is 0 Å². The van der Waals surface area contributed by atoms with E-state index in [0.717, 1.165) is 25.3 Å². The molecule has 1 aliphatic rings. The zero-order chi connectivity index (χ0) is 11.9. The van der Waals surface area contributed by atoms with Crippen molar-refractivity contribution in [3.8, 4) is 5.75 Å². The summed E-state index contributed by atoms with van der Waals surface area (Å²) in [5, 5.41) is 13.5. The molecule has 0 amide bonds. The van der Waals surface area contributed by atoms with Crippen LogP contribution in [0.1, 0.15) is 19.3 Å². The molecular formula is C14H21NO2. The van der Waals surface area contributed by atoms with Gasteiger partial charge in [-0.3, -0.25) is 0 Å². The van der Waals surface area contributed by atoms with Crippen molar-refractivity contribution in [3.05, 3.63) is 30.3 Å². The van der Waals surface area contributed by atoms with E-state index in [1.165, 1.54) is 12.8 Å². The second-order valence-electron chi connectivity index (χ2n) is 4.65. The van der Waals surface area contributed by atoms with Crippen LogP contribution in [0.15, 0.2) is 30.3 Å². The normalized spacial score (nSPS) is 22.8. The Morgan fingerprint density at radius 3 is 2.94 bits per heavy atom. The number of hydrogen-bond acceptors (Lipinski definition) is 3. The smallest absolute Gasteiger partial charge is 0.119 e. The van der Waals surface area contributed by atoms with E-state index in [4.69, 9.17) is 4.74 Å². The van der Waals surface area contributed by atoms with Crippen LogP contribution in [-0.4, -0.2) is 30.9 Å². The molecular weight excluding hydrogens is 214 g/mol. The fourth-order valence-electron chi connectivity index (χ4n) is 2.21. The lowest BCUT2D eigenvalue weighted by molar-refractivity contribution is 0.0550. The van der Waals surface area contributed by atoms with Crippen molar-refractivity contribution >= 4 is 0 Å². The third-order valence-electron chi connectivity index (χ3n) is 3.29. The molecule has 17 heavy (non-hydrogen) atoms. The van der Waals surface area contributed by atoms with E-state index in [1.807, 2.05) is 30.3 Å². The third kappa shape index (κ3) is 4.02. The van der Waals surface area contributed by atoms with E-state index in [9.17, 15) is 5.11 Å². The summed E-state index contributed by atoms with van der Waals surface area (Å²) in [7, 11) is 0. The summed E-state index contributed by atoms with van der Waals surface area (Å²) in [6.45, 7) is 2.36. The van der Waals surface area contributed by atoms with Crippen LogP contribution < -0.4 is 10.1 Å². The number of para-hydroxylation sites is 1. The van der Waals surface area contributed by atoms with Crippen molar-refractivity contribution in [2.45, 2.75) is 25.4 Å². The maximum atomic E-state index is 10.1. The first-order valence-corrected chi connectivity index (χ1v) is 6.43. The van der Waals surface area contributed by atoms with Gasteiger partial charge in [0.1, 0.15) is 12.4 Å². The maximum absolute atomic E-state index is 10.1. The Balaban J connectivity index is 1.78. The van der Waals surface area contributed by atoms with Crippen molar-refractivity contribution in [2.24, 2.45) is 5.92 Å². The molecule has 1 saturated heterocycles. The van der Waals surface area contributed by atoms with E-state index in [0.29, 0.717) is 12.5 Å². The molecule has 0 radical (unpaired) electrons. The third-order valence-corrected chi connectivity index (χ3v) is 3.29. The van der Waals surface area contributed by atoms with Gasteiger partial charge in [-0.15, -0.1) is 0 Å². The largest absolute Gasteiger partial charge is 0.491 e. The predicted molar refractivity (Wildman–Crippen MR) is 68.2 cm³/mol. The SMILES string of the molecule is OC(COc1ccccc1)C1CCCCNC1. The summed E-state index contributed by atoms with van der Waals surface area (Å²) in [6, 6.07) is 9.67. The zero-order valence-electron chi connectivity index (χ0n) is 10.1. The first-order valence-electron chi connectivity index (χ1n) is 6.43. The number of ether oxygens (including phenoxy) is 1. The van der Waals surface area contributed by atoms with Gasteiger partial charge in [-0.05, 0) is 31.5 Å². The molecule has 1 aromatic rings. The summed E-state index contributed by atoms with van der Waals surface area (Å²) in [5.41, 5.74) is 0. The molecule has 0 aromatic heterocycles. The Morgan fingerprint density at radius 1 is 1.29 bits per heavy atom. The average Bonchev–Trinajstić information content (AvgIpc) is 2.66. The van der Waals surface area contributed by atoms with Crippen LogP contribution in [0.5, 0.6) is 5.75 Å². The van der Waals surface area contributed by atoms with Crippen molar-refractivity contribution in [3.63, 3.8) is 0 Å². The Hall–Kier alpha value is -1.06. The first-order chi connectivity index (χ1) is 8.36. The van der Waals surface area contributed by atoms with Crippen LogP contribution in [0.2, 0.25) is 0 Å². The molecule has 0 aliphatic carbocycles. The fourth-order valence-corrected chi connectivity index (χ4v) is 2.21. The Kier molecular flexibility index (Phi) is 4.83. The van der Waals surface area contributed by atoms with Gasteiger partial charge in [0, 0.05) is 12.5 Å². The molecule has 0 spiro atoms. The predicted octanol–water partition coefficient (Wildman–Crippen LogP) is 1.82. The molecule has 0 bridgehead atoms. The van der Waals surface area contributed by atoms with E-state index < -0.39 is 0 Å². The molecule has 1 heterocycles. The molecule has 1 fully saturated rings. The highest BCUT2D eigenvalue weighted by molar-refractivity contribution is 5.20. The summed E-state index contributed by atoms with van der Waals surface area (Å²) >= 11 is 0. The lowest BCUT2D eigenvalue weighted by Gasteiger charge is -2.21.